The number of hydrogen-bond donors (Lipinski definition) is 1. The van der Waals surface area contributed by atoms with Crippen LogP contribution in [0, 0.1) is 0 Å². The minimum absolute atomic E-state index is 0.0404. The van der Waals surface area contributed by atoms with Crippen LogP contribution >= 0.6 is 0 Å². The molecule has 0 radical (unpaired) electrons. The highest BCUT2D eigenvalue weighted by Crippen LogP contribution is 2.13. The Morgan fingerprint density at radius 2 is 1.30 bits per heavy atom. The van der Waals surface area contributed by atoms with Gasteiger partial charge >= 0.3 is 17.9 Å². The molecule has 0 aliphatic heterocycles. The largest absolute Gasteiger partial charge is 0.477 e. The molecule has 0 bridgehead atoms. The maximum atomic E-state index is 12.4. The lowest BCUT2D eigenvalue weighted by Crippen LogP contribution is -2.50. The Morgan fingerprint density at radius 1 is 0.721 bits per heavy atom. The molecule has 8 nitrogen and oxygen atoms in total. The fourth-order valence-corrected chi connectivity index (χ4v) is 4.74. The molecule has 43 heavy (non-hydrogen) atoms. The van der Waals surface area contributed by atoms with E-state index in [9.17, 15) is 19.5 Å². The number of unbranched alkanes of at least 4 members (excludes halogenated alkanes) is 11. The van der Waals surface area contributed by atoms with Gasteiger partial charge in [0, 0.05) is 19.3 Å². The number of hydrogen-bond acceptors (Lipinski definition) is 6. The highest BCUT2D eigenvalue weighted by atomic mass is 16.6. The Bertz CT molecular complexity index is 773. The number of nitrogens with zero attached hydrogens (tertiary/aromatic N) is 1. The van der Waals surface area contributed by atoms with Crippen LogP contribution in [0.3, 0.4) is 0 Å². The van der Waals surface area contributed by atoms with Crippen molar-refractivity contribution in [2.45, 2.75) is 142 Å². The lowest BCUT2D eigenvalue weighted by atomic mass is 10.0. The normalized spacial score (nSPS) is 13.4. The number of carbonyl (C=O) groups is 3. The van der Waals surface area contributed by atoms with Gasteiger partial charge in [-0.15, -0.1) is 0 Å². The summed E-state index contributed by atoms with van der Waals surface area (Å²) in [7, 11) is 5.48. The molecule has 250 valence electrons. The lowest BCUT2D eigenvalue weighted by molar-refractivity contribution is -0.887. The molecule has 0 aromatic heterocycles. The summed E-state index contributed by atoms with van der Waals surface area (Å²) in [5, 5.41) is 9.52. The second kappa shape index (κ2) is 27.4. The molecule has 2 unspecified atom stereocenters. The molecule has 2 atom stereocenters. The Morgan fingerprint density at radius 3 is 1.86 bits per heavy atom. The summed E-state index contributed by atoms with van der Waals surface area (Å²) in [6.45, 7) is 4.49. The summed E-state index contributed by atoms with van der Waals surface area (Å²) >= 11 is 0. The van der Waals surface area contributed by atoms with Gasteiger partial charge in [0.25, 0.3) is 0 Å². The highest BCUT2D eigenvalue weighted by molar-refractivity contribution is 5.72. The number of rotatable bonds is 29. The van der Waals surface area contributed by atoms with Gasteiger partial charge in [-0.1, -0.05) is 109 Å². The Kier molecular flexibility index (Phi) is 26.0. The van der Waals surface area contributed by atoms with Crippen LogP contribution in [-0.2, 0) is 28.6 Å². The van der Waals surface area contributed by atoms with Gasteiger partial charge in [0.2, 0.25) is 0 Å². The van der Waals surface area contributed by atoms with Gasteiger partial charge < -0.3 is 23.8 Å². The molecule has 0 aliphatic carbocycles. The number of carbonyl (C=O) groups excluding carboxylic acids is 2. The molecule has 1 N–H and O–H groups in total. The maximum Gasteiger partial charge on any atom is 0.362 e. The van der Waals surface area contributed by atoms with Gasteiger partial charge in [-0.25, -0.2) is 4.79 Å². The van der Waals surface area contributed by atoms with Gasteiger partial charge in [-0.05, 0) is 25.7 Å². The SMILES string of the molecule is CC/C=C/C/C=C/CCC(=O)OC(COCCC(C(=O)O)[N+](C)(C)C)COC(=O)CCCCCCCCCCCCCC. The number of carboxylic acid groups (broad SMARTS) is 1. The first-order chi connectivity index (χ1) is 20.6. The van der Waals surface area contributed by atoms with Crippen molar-refractivity contribution in [2.75, 3.05) is 41.0 Å². The molecule has 0 aliphatic rings. The van der Waals surface area contributed by atoms with Gasteiger partial charge in [-0.2, -0.15) is 0 Å². The van der Waals surface area contributed by atoms with Gasteiger partial charge in [0.15, 0.2) is 12.1 Å². The fourth-order valence-electron chi connectivity index (χ4n) is 4.74. The summed E-state index contributed by atoms with van der Waals surface area (Å²) in [5.74, 6) is -1.56. The quantitative estimate of drug-likeness (QED) is 0.0399. The highest BCUT2D eigenvalue weighted by Gasteiger charge is 2.31. The number of esters is 2. The molecule has 0 aromatic carbocycles. The Hall–Kier alpha value is -2.19. The van der Waals surface area contributed by atoms with E-state index >= 15 is 0 Å². The maximum absolute atomic E-state index is 12.4. The number of likely N-dealkylation sites (N-methyl/N-ethyl adjacent to an activating group) is 1. The first-order valence-corrected chi connectivity index (χ1v) is 16.9. The van der Waals surface area contributed by atoms with E-state index in [1.54, 1.807) is 0 Å². The van der Waals surface area contributed by atoms with Gasteiger partial charge in [0.1, 0.15) is 6.61 Å². The lowest BCUT2D eigenvalue weighted by Gasteiger charge is -2.31. The van der Waals surface area contributed by atoms with Crippen molar-refractivity contribution in [2.24, 2.45) is 0 Å². The van der Waals surface area contributed by atoms with Crippen molar-refractivity contribution in [3.8, 4) is 0 Å². The molecule has 0 spiro atoms. The van der Waals surface area contributed by atoms with E-state index < -0.39 is 18.1 Å². The molecular formula is C35H64NO7+. The zero-order chi connectivity index (χ0) is 32.2. The van der Waals surface area contributed by atoms with E-state index in [4.69, 9.17) is 14.2 Å². The van der Waals surface area contributed by atoms with Crippen LogP contribution in [0.2, 0.25) is 0 Å². The van der Waals surface area contributed by atoms with Crippen LogP contribution < -0.4 is 0 Å². The third-order valence-corrected chi connectivity index (χ3v) is 7.38. The smallest absolute Gasteiger partial charge is 0.362 e. The zero-order valence-corrected chi connectivity index (χ0v) is 28.2. The Labute approximate surface area is 262 Å². The third kappa shape index (κ3) is 26.0. The van der Waals surface area contributed by atoms with Crippen LogP contribution in [-0.4, -0.2) is 80.6 Å². The summed E-state index contributed by atoms with van der Waals surface area (Å²) in [6.07, 6.45) is 25.4. The summed E-state index contributed by atoms with van der Waals surface area (Å²) in [5.41, 5.74) is 0. The van der Waals surface area contributed by atoms with E-state index in [2.05, 4.69) is 26.0 Å². The van der Waals surface area contributed by atoms with Crippen LogP contribution in [0.4, 0.5) is 0 Å². The standard InChI is InChI=1S/C35H63NO7/c1-6-8-10-12-14-15-16-17-18-20-21-23-25-33(37)42-30-31(29-41-28-27-32(35(39)40)36(3,4)5)43-34(38)26-24-22-19-13-11-9-7-2/h9,11,19,22,31-32H,6-8,10,12-18,20-21,23-30H2,1-5H3/p+1/b11-9+,22-19+. The molecule has 0 amide bonds. The van der Waals surface area contributed by atoms with E-state index in [0.29, 0.717) is 19.3 Å². The molecule has 0 fully saturated rings. The molecule has 0 saturated heterocycles. The summed E-state index contributed by atoms with van der Waals surface area (Å²) < 4.78 is 17.0. The predicted molar refractivity (Wildman–Crippen MR) is 174 cm³/mol. The molecular weight excluding hydrogens is 546 g/mol. The van der Waals surface area contributed by atoms with E-state index in [0.717, 1.165) is 32.1 Å². The average molecular weight is 611 g/mol. The molecule has 0 rings (SSSR count). The van der Waals surface area contributed by atoms with Crippen LogP contribution in [0.15, 0.2) is 24.3 Å². The van der Waals surface area contributed by atoms with Gasteiger partial charge in [0.05, 0.1) is 34.4 Å². The van der Waals surface area contributed by atoms with Crippen molar-refractivity contribution >= 4 is 17.9 Å². The number of aliphatic carboxylic acids is 1. The van der Waals surface area contributed by atoms with Crippen molar-refractivity contribution in [1.29, 1.82) is 0 Å². The monoisotopic (exact) mass is 610 g/mol. The van der Waals surface area contributed by atoms with Crippen molar-refractivity contribution in [1.82, 2.24) is 0 Å². The van der Waals surface area contributed by atoms with Crippen LogP contribution in [0.5, 0.6) is 0 Å². The fraction of sp³-hybridized carbons (Fsp3) is 0.800. The van der Waals surface area contributed by atoms with Gasteiger partial charge in [-0.3, -0.25) is 9.59 Å². The zero-order valence-electron chi connectivity index (χ0n) is 28.2. The van der Waals surface area contributed by atoms with E-state index in [1.807, 2.05) is 33.3 Å². The minimum Gasteiger partial charge on any atom is -0.477 e. The first-order valence-electron chi connectivity index (χ1n) is 16.9. The Balaban J connectivity index is 4.46. The second-order valence-corrected chi connectivity index (χ2v) is 12.4. The van der Waals surface area contributed by atoms with Crippen molar-refractivity contribution in [3.63, 3.8) is 0 Å². The average Bonchev–Trinajstić information content (AvgIpc) is 2.94. The molecule has 8 heteroatoms. The van der Waals surface area contributed by atoms with Crippen molar-refractivity contribution < 1.29 is 38.2 Å². The summed E-state index contributed by atoms with van der Waals surface area (Å²) in [6, 6.07) is -0.617. The minimum atomic E-state index is -0.885. The number of quaternary nitrogens is 1. The topological polar surface area (TPSA) is 99.1 Å². The molecule has 0 heterocycles. The molecule has 0 aromatic rings. The number of ether oxygens (including phenoxy) is 3. The third-order valence-electron chi connectivity index (χ3n) is 7.38. The summed E-state index contributed by atoms with van der Waals surface area (Å²) in [4.78, 5) is 36.4. The van der Waals surface area contributed by atoms with Crippen LogP contribution in [0.1, 0.15) is 129 Å². The number of allylic oxidation sites excluding steroid dienone is 4. The number of carboxylic acids is 1. The predicted octanol–water partition coefficient (Wildman–Crippen LogP) is 7.79. The first kappa shape index (κ1) is 40.8. The van der Waals surface area contributed by atoms with Crippen molar-refractivity contribution in [3.05, 3.63) is 24.3 Å². The second-order valence-electron chi connectivity index (χ2n) is 12.4. The van der Waals surface area contributed by atoms with Crippen LogP contribution in [0.25, 0.3) is 0 Å². The molecule has 0 saturated carbocycles. The van der Waals surface area contributed by atoms with E-state index in [-0.39, 0.29) is 42.7 Å². The van der Waals surface area contributed by atoms with E-state index in [1.165, 1.54) is 57.8 Å².